The number of methoxy groups -OCH3 is 1. The Morgan fingerprint density at radius 3 is 2.27 bits per heavy atom. The number of ketones is 1. The minimum Gasteiger partial charge on any atom is -0.463 e. The molecule has 0 amide bonds. The van der Waals surface area contributed by atoms with Crippen molar-refractivity contribution in [2.24, 2.45) is 0 Å². The standard InChI is InChI=1S/C11H11BrO3/c1-6-4-5-7(2)9(12)8(6)10(13)11(14)15-3/h4-5H,1-3H3. The van der Waals surface area contributed by atoms with E-state index in [1.54, 1.807) is 13.0 Å². The second-order valence-electron chi connectivity index (χ2n) is 3.21. The van der Waals surface area contributed by atoms with E-state index in [0.717, 1.165) is 11.1 Å². The number of Topliss-reactive ketones (excluding diaryl/α,β-unsaturated/α-hetero) is 1. The molecule has 0 unspecified atom stereocenters. The molecule has 0 aliphatic heterocycles. The Kier molecular flexibility index (Phi) is 3.63. The molecule has 0 saturated carbocycles. The number of hydrogen-bond acceptors (Lipinski definition) is 3. The fourth-order valence-electron chi connectivity index (χ4n) is 1.25. The molecule has 0 aromatic heterocycles. The van der Waals surface area contributed by atoms with Gasteiger partial charge in [-0.3, -0.25) is 4.79 Å². The van der Waals surface area contributed by atoms with E-state index in [-0.39, 0.29) is 0 Å². The number of esters is 1. The molecule has 0 atom stereocenters. The zero-order valence-corrected chi connectivity index (χ0v) is 10.3. The van der Waals surface area contributed by atoms with Crippen LogP contribution >= 0.6 is 15.9 Å². The topological polar surface area (TPSA) is 43.4 Å². The van der Waals surface area contributed by atoms with Crippen molar-refractivity contribution in [3.63, 3.8) is 0 Å². The van der Waals surface area contributed by atoms with Crippen LogP contribution in [0.15, 0.2) is 16.6 Å². The lowest BCUT2D eigenvalue weighted by atomic mass is 10.0. The quantitative estimate of drug-likeness (QED) is 0.471. The molecule has 3 nitrogen and oxygen atoms in total. The molecule has 0 aliphatic carbocycles. The van der Waals surface area contributed by atoms with Gasteiger partial charge >= 0.3 is 5.97 Å². The van der Waals surface area contributed by atoms with Gasteiger partial charge in [0.15, 0.2) is 0 Å². The summed E-state index contributed by atoms with van der Waals surface area (Å²) in [7, 11) is 1.19. The van der Waals surface area contributed by atoms with E-state index in [9.17, 15) is 9.59 Å². The number of rotatable bonds is 2. The molecule has 0 fully saturated rings. The summed E-state index contributed by atoms with van der Waals surface area (Å²) in [5, 5.41) is 0. The Bertz CT molecular complexity index is 424. The van der Waals surface area contributed by atoms with E-state index in [1.807, 2.05) is 13.0 Å². The third kappa shape index (κ3) is 2.26. The molecule has 0 aliphatic rings. The highest BCUT2D eigenvalue weighted by Gasteiger charge is 2.22. The molecule has 1 aromatic rings. The lowest BCUT2D eigenvalue weighted by Gasteiger charge is -2.08. The van der Waals surface area contributed by atoms with E-state index in [2.05, 4.69) is 20.7 Å². The van der Waals surface area contributed by atoms with Crippen LogP contribution in [0.2, 0.25) is 0 Å². The van der Waals surface area contributed by atoms with Crippen LogP contribution in [0.3, 0.4) is 0 Å². The van der Waals surface area contributed by atoms with Crippen molar-refractivity contribution >= 4 is 27.7 Å². The molecular formula is C11H11BrO3. The second-order valence-corrected chi connectivity index (χ2v) is 4.00. The van der Waals surface area contributed by atoms with E-state index in [0.29, 0.717) is 10.0 Å². The molecule has 0 spiro atoms. The van der Waals surface area contributed by atoms with Crippen LogP contribution in [0.4, 0.5) is 0 Å². The number of benzene rings is 1. The van der Waals surface area contributed by atoms with Crippen LogP contribution in [0.1, 0.15) is 21.5 Å². The predicted molar refractivity (Wildman–Crippen MR) is 60.0 cm³/mol. The summed E-state index contributed by atoms with van der Waals surface area (Å²) < 4.78 is 5.06. The van der Waals surface area contributed by atoms with Gasteiger partial charge in [-0.2, -0.15) is 0 Å². The molecule has 0 bridgehead atoms. The monoisotopic (exact) mass is 270 g/mol. The van der Waals surface area contributed by atoms with Gasteiger partial charge in [-0.25, -0.2) is 4.79 Å². The average molecular weight is 271 g/mol. The van der Waals surface area contributed by atoms with Crippen molar-refractivity contribution in [1.29, 1.82) is 0 Å². The van der Waals surface area contributed by atoms with Crippen LogP contribution in [0.5, 0.6) is 0 Å². The maximum Gasteiger partial charge on any atom is 0.379 e. The predicted octanol–water partition coefficient (Wildman–Crippen LogP) is 2.42. The van der Waals surface area contributed by atoms with Gasteiger partial charge in [-0.1, -0.05) is 12.1 Å². The molecule has 0 N–H and O–H groups in total. The third-order valence-corrected chi connectivity index (χ3v) is 3.16. The van der Waals surface area contributed by atoms with Crippen molar-refractivity contribution in [2.75, 3.05) is 7.11 Å². The zero-order valence-electron chi connectivity index (χ0n) is 8.76. The number of carbonyl (C=O) groups excluding carboxylic acids is 2. The van der Waals surface area contributed by atoms with E-state index < -0.39 is 11.8 Å². The van der Waals surface area contributed by atoms with Crippen molar-refractivity contribution < 1.29 is 14.3 Å². The second kappa shape index (κ2) is 4.57. The minimum atomic E-state index is -0.843. The number of hydrogen-bond donors (Lipinski definition) is 0. The average Bonchev–Trinajstić information content (AvgIpc) is 2.22. The molecule has 1 aromatic carbocycles. The van der Waals surface area contributed by atoms with Gasteiger partial charge in [0.1, 0.15) is 0 Å². The summed E-state index contributed by atoms with van der Waals surface area (Å²) in [6, 6.07) is 3.68. The summed E-state index contributed by atoms with van der Waals surface area (Å²) in [4.78, 5) is 22.8. The molecule has 15 heavy (non-hydrogen) atoms. The maximum atomic E-state index is 11.7. The van der Waals surface area contributed by atoms with Crippen LogP contribution in [0.25, 0.3) is 0 Å². The molecule has 0 heterocycles. The summed E-state index contributed by atoms with van der Waals surface area (Å²) in [6.45, 7) is 3.64. The SMILES string of the molecule is COC(=O)C(=O)c1c(C)ccc(C)c1Br. The molecule has 1 rings (SSSR count). The summed E-state index contributed by atoms with van der Waals surface area (Å²) in [5.74, 6) is -1.46. The number of ether oxygens (including phenoxy) is 1. The van der Waals surface area contributed by atoms with Gasteiger partial charge in [-0.15, -0.1) is 0 Å². The van der Waals surface area contributed by atoms with Crippen molar-refractivity contribution in [1.82, 2.24) is 0 Å². The Morgan fingerprint density at radius 1 is 1.20 bits per heavy atom. The number of aryl methyl sites for hydroxylation is 2. The first-order valence-corrected chi connectivity index (χ1v) is 5.16. The highest BCUT2D eigenvalue weighted by molar-refractivity contribution is 9.10. The Morgan fingerprint density at radius 2 is 1.73 bits per heavy atom. The molecule has 0 radical (unpaired) electrons. The highest BCUT2D eigenvalue weighted by Crippen LogP contribution is 2.25. The first-order chi connectivity index (χ1) is 6.99. The minimum absolute atomic E-state index is 0.377. The third-order valence-electron chi connectivity index (χ3n) is 2.14. The first-order valence-electron chi connectivity index (χ1n) is 4.37. The molecule has 4 heteroatoms. The fourth-order valence-corrected chi connectivity index (χ4v) is 1.88. The smallest absolute Gasteiger partial charge is 0.379 e. The van der Waals surface area contributed by atoms with E-state index in [1.165, 1.54) is 7.11 Å². The van der Waals surface area contributed by atoms with E-state index >= 15 is 0 Å². The highest BCUT2D eigenvalue weighted by atomic mass is 79.9. The van der Waals surface area contributed by atoms with Gasteiger partial charge in [0.25, 0.3) is 5.78 Å². The molecule has 80 valence electrons. The molecule has 0 saturated heterocycles. The van der Waals surface area contributed by atoms with Crippen molar-refractivity contribution in [2.45, 2.75) is 13.8 Å². The van der Waals surface area contributed by atoms with Gasteiger partial charge < -0.3 is 4.74 Å². The zero-order chi connectivity index (χ0) is 11.6. The summed E-state index contributed by atoms with van der Waals surface area (Å²) in [5.41, 5.74) is 2.04. The summed E-state index contributed by atoms with van der Waals surface area (Å²) >= 11 is 3.30. The Hall–Kier alpha value is -1.16. The Balaban J connectivity index is 3.31. The lowest BCUT2D eigenvalue weighted by molar-refractivity contribution is -0.135. The van der Waals surface area contributed by atoms with Crippen LogP contribution in [-0.4, -0.2) is 18.9 Å². The fraction of sp³-hybridized carbons (Fsp3) is 0.273. The van der Waals surface area contributed by atoms with Crippen LogP contribution in [0, 0.1) is 13.8 Å². The van der Waals surface area contributed by atoms with E-state index in [4.69, 9.17) is 0 Å². The van der Waals surface area contributed by atoms with Crippen LogP contribution < -0.4 is 0 Å². The lowest BCUT2D eigenvalue weighted by Crippen LogP contribution is -2.17. The number of halogens is 1. The van der Waals surface area contributed by atoms with Crippen molar-refractivity contribution in [3.05, 3.63) is 33.3 Å². The van der Waals surface area contributed by atoms with Crippen LogP contribution in [-0.2, 0) is 9.53 Å². The number of carbonyl (C=O) groups is 2. The van der Waals surface area contributed by atoms with Gasteiger partial charge in [-0.05, 0) is 40.9 Å². The van der Waals surface area contributed by atoms with Gasteiger partial charge in [0, 0.05) is 10.0 Å². The first kappa shape index (κ1) is 11.9. The Labute approximate surface area is 96.6 Å². The normalized spacial score (nSPS) is 9.87. The molecular weight excluding hydrogens is 260 g/mol. The summed E-state index contributed by atoms with van der Waals surface area (Å²) in [6.07, 6.45) is 0. The van der Waals surface area contributed by atoms with Gasteiger partial charge in [0.05, 0.1) is 7.11 Å². The maximum absolute atomic E-state index is 11.7. The van der Waals surface area contributed by atoms with Gasteiger partial charge in [0.2, 0.25) is 0 Å². The van der Waals surface area contributed by atoms with Crippen molar-refractivity contribution in [3.8, 4) is 0 Å². The largest absolute Gasteiger partial charge is 0.463 e.